The van der Waals surface area contributed by atoms with Gasteiger partial charge in [0.05, 0.1) is 7.11 Å². The Morgan fingerprint density at radius 3 is 2.90 bits per heavy atom. The summed E-state index contributed by atoms with van der Waals surface area (Å²) in [5.41, 5.74) is 0. The zero-order chi connectivity index (χ0) is 14.4. The smallest absolute Gasteiger partial charge is 0.303 e. The summed E-state index contributed by atoms with van der Waals surface area (Å²) in [5.74, 6) is 0.869. The van der Waals surface area contributed by atoms with Crippen LogP contribution >= 0.6 is 0 Å². The van der Waals surface area contributed by atoms with E-state index < -0.39 is 5.97 Å². The molecule has 0 bridgehead atoms. The minimum absolute atomic E-state index is 0.207. The Kier molecular flexibility index (Phi) is 4.76. The summed E-state index contributed by atoms with van der Waals surface area (Å²) in [4.78, 5) is 14.8. The third-order valence-corrected chi connectivity index (χ3v) is 3.10. The summed E-state index contributed by atoms with van der Waals surface area (Å²) in [6.45, 7) is 0.705. The van der Waals surface area contributed by atoms with Crippen molar-refractivity contribution in [3.63, 3.8) is 0 Å². The van der Waals surface area contributed by atoms with Crippen molar-refractivity contribution >= 4 is 22.6 Å². The summed E-state index contributed by atoms with van der Waals surface area (Å²) >= 11 is 0. The zero-order valence-corrected chi connectivity index (χ0v) is 11.4. The molecule has 0 aliphatic heterocycles. The first-order chi connectivity index (χ1) is 9.72. The van der Waals surface area contributed by atoms with Crippen molar-refractivity contribution in [3.05, 3.63) is 30.5 Å². The molecule has 5 nitrogen and oxygen atoms in total. The molecule has 0 saturated heterocycles. The second-order valence-electron chi connectivity index (χ2n) is 4.49. The molecule has 20 heavy (non-hydrogen) atoms. The van der Waals surface area contributed by atoms with Crippen molar-refractivity contribution in [1.82, 2.24) is 4.98 Å². The number of fused-ring (bicyclic) bond motifs is 1. The molecule has 0 aliphatic carbocycles. The number of nitrogens with one attached hydrogen (secondary N) is 1. The van der Waals surface area contributed by atoms with Crippen LogP contribution in [0.2, 0.25) is 0 Å². The second-order valence-corrected chi connectivity index (χ2v) is 4.49. The number of carboxylic acid groups (broad SMARTS) is 1. The van der Waals surface area contributed by atoms with E-state index in [9.17, 15) is 4.79 Å². The van der Waals surface area contributed by atoms with Gasteiger partial charge in [0.1, 0.15) is 11.6 Å². The van der Waals surface area contributed by atoms with Gasteiger partial charge in [0.15, 0.2) is 0 Å². The predicted molar refractivity (Wildman–Crippen MR) is 78.3 cm³/mol. The molecule has 2 N–H and O–H groups in total. The van der Waals surface area contributed by atoms with Crippen LogP contribution in [0.5, 0.6) is 5.75 Å². The zero-order valence-electron chi connectivity index (χ0n) is 11.4. The number of ether oxygens (including phenoxy) is 1. The number of aromatic nitrogens is 1. The largest absolute Gasteiger partial charge is 0.496 e. The van der Waals surface area contributed by atoms with Gasteiger partial charge in [0, 0.05) is 29.9 Å². The highest BCUT2D eigenvalue weighted by Gasteiger charge is 2.05. The van der Waals surface area contributed by atoms with Crippen LogP contribution in [-0.4, -0.2) is 29.7 Å². The number of carbonyl (C=O) groups is 1. The fourth-order valence-electron chi connectivity index (χ4n) is 2.11. The van der Waals surface area contributed by atoms with Gasteiger partial charge in [-0.05, 0) is 25.0 Å². The van der Waals surface area contributed by atoms with Gasteiger partial charge in [0.25, 0.3) is 0 Å². The monoisotopic (exact) mass is 274 g/mol. The first-order valence-electron chi connectivity index (χ1n) is 6.60. The third kappa shape index (κ3) is 3.38. The number of aliphatic carboxylic acids is 1. The minimum Gasteiger partial charge on any atom is -0.496 e. The maximum absolute atomic E-state index is 10.4. The maximum Gasteiger partial charge on any atom is 0.303 e. The van der Waals surface area contributed by atoms with E-state index >= 15 is 0 Å². The second kappa shape index (κ2) is 6.75. The molecule has 0 radical (unpaired) electrons. The summed E-state index contributed by atoms with van der Waals surface area (Å²) in [5, 5.41) is 13.9. The van der Waals surface area contributed by atoms with Gasteiger partial charge in [-0.25, -0.2) is 4.98 Å². The van der Waals surface area contributed by atoms with E-state index in [1.165, 1.54) is 0 Å². The Morgan fingerprint density at radius 2 is 2.15 bits per heavy atom. The van der Waals surface area contributed by atoms with Gasteiger partial charge in [-0.1, -0.05) is 12.1 Å². The highest BCUT2D eigenvalue weighted by atomic mass is 16.5. The van der Waals surface area contributed by atoms with Crippen LogP contribution in [0, 0.1) is 0 Å². The number of pyridine rings is 1. The van der Waals surface area contributed by atoms with Crippen molar-refractivity contribution in [2.24, 2.45) is 0 Å². The van der Waals surface area contributed by atoms with Crippen LogP contribution in [0.25, 0.3) is 10.8 Å². The normalized spacial score (nSPS) is 10.4. The molecule has 0 fully saturated rings. The van der Waals surface area contributed by atoms with Gasteiger partial charge in [0.2, 0.25) is 0 Å². The number of unbranched alkanes of at least 4 members (excludes halogenated alkanes) is 1. The average molecular weight is 274 g/mol. The van der Waals surface area contributed by atoms with Crippen LogP contribution in [0.4, 0.5) is 5.82 Å². The number of methoxy groups -OCH3 is 1. The van der Waals surface area contributed by atoms with E-state index in [1.54, 1.807) is 13.3 Å². The van der Waals surface area contributed by atoms with E-state index in [0.717, 1.165) is 28.8 Å². The number of hydrogen-bond acceptors (Lipinski definition) is 4. The lowest BCUT2D eigenvalue weighted by molar-refractivity contribution is -0.137. The number of nitrogens with zero attached hydrogens (tertiary/aromatic N) is 1. The van der Waals surface area contributed by atoms with Gasteiger partial charge < -0.3 is 15.2 Å². The Labute approximate surface area is 117 Å². The van der Waals surface area contributed by atoms with Crippen LogP contribution in [0.3, 0.4) is 0 Å². The van der Waals surface area contributed by atoms with Crippen LogP contribution < -0.4 is 10.1 Å². The molecule has 2 rings (SSSR count). The van der Waals surface area contributed by atoms with Crippen molar-refractivity contribution in [3.8, 4) is 5.75 Å². The molecular weight excluding hydrogens is 256 g/mol. The average Bonchev–Trinajstić information content (AvgIpc) is 2.46. The molecule has 2 aromatic rings. The predicted octanol–water partition coefficient (Wildman–Crippen LogP) is 2.91. The van der Waals surface area contributed by atoms with E-state index in [1.807, 2.05) is 24.3 Å². The van der Waals surface area contributed by atoms with Crippen LogP contribution in [0.1, 0.15) is 19.3 Å². The van der Waals surface area contributed by atoms with Crippen LogP contribution in [-0.2, 0) is 4.79 Å². The number of carboxylic acids is 1. The highest BCUT2D eigenvalue weighted by molar-refractivity contribution is 5.95. The molecule has 1 heterocycles. The molecule has 5 heteroatoms. The fourth-order valence-corrected chi connectivity index (χ4v) is 2.11. The summed E-state index contributed by atoms with van der Waals surface area (Å²) in [6.07, 6.45) is 3.41. The SMILES string of the molecule is COc1cccc2c(NCCCCC(=O)O)nccc12. The van der Waals surface area contributed by atoms with Crippen molar-refractivity contribution in [2.45, 2.75) is 19.3 Å². The highest BCUT2D eigenvalue weighted by Crippen LogP contribution is 2.28. The first kappa shape index (κ1) is 14.1. The molecule has 0 amide bonds. The lowest BCUT2D eigenvalue weighted by Gasteiger charge is -2.10. The molecule has 0 atom stereocenters. The molecule has 106 valence electrons. The van der Waals surface area contributed by atoms with E-state index in [4.69, 9.17) is 9.84 Å². The molecule has 0 unspecified atom stereocenters. The Hall–Kier alpha value is -2.30. The van der Waals surface area contributed by atoms with Gasteiger partial charge in [-0.2, -0.15) is 0 Å². The van der Waals surface area contributed by atoms with Crippen molar-refractivity contribution < 1.29 is 14.6 Å². The topological polar surface area (TPSA) is 71.5 Å². The van der Waals surface area contributed by atoms with Crippen LogP contribution in [0.15, 0.2) is 30.5 Å². The Morgan fingerprint density at radius 1 is 1.30 bits per heavy atom. The lowest BCUT2D eigenvalue weighted by atomic mass is 10.1. The number of rotatable bonds is 7. The Bertz CT molecular complexity index is 599. The third-order valence-electron chi connectivity index (χ3n) is 3.10. The van der Waals surface area contributed by atoms with E-state index in [2.05, 4.69) is 10.3 Å². The van der Waals surface area contributed by atoms with E-state index in [-0.39, 0.29) is 6.42 Å². The standard InChI is InChI=1S/C15H18N2O3/c1-20-13-6-4-5-12-11(13)8-10-17-15(12)16-9-3-2-7-14(18)19/h4-6,8,10H,2-3,7,9H2,1H3,(H,16,17)(H,18,19). The quantitative estimate of drug-likeness (QED) is 0.760. The molecule has 0 saturated carbocycles. The van der Waals surface area contributed by atoms with Crippen molar-refractivity contribution in [2.75, 3.05) is 19.0 Å². The summed E-state index contributed by atoms with van der Waals surface area (Å²) in [7, 11) is 1.65. The van der Waals surface area contributed by atoms with Crippen molar-refractivity contribution in [1.29, 1.82) is 0 Å². The number of anilines is 1. The Balaban J connectivity index is 2.05. The molecule has 1 aromatic carbocycles. The number of hydrogen-bond donors (Lipinski definition) is 2. The maximum atomic E-state index is 10.4. The summed E-state index contributed by atoms with van der Waals surface area (Å²) in [6, 6.07) is 7.76. The van der Waals surface area contributed by atoms with Gasteiger partial charge in [-0.3, -0.25) is 4.79 Å². The number of benzene rings is 1. The van der Waals surface area contributed by atoms with E-state index in [0.29, 0.717) is 13.0 Å². The fraction of sp³-hybridized carbons (Fsp3) is 0.333. The molecule has 0 aliphatic rings. The van der Waals surface area contributed by atoms with Gasteiger partial charge in [-0.15, -0.1) is 0 Å². The molecule has 1 aromatic heterocycles. The summed E-state index contributed by atoms with van der Waals surface area (Å²) < 4.78 is 5.33. The molecular formula is C15H18N2O3. The minimum atomic E-state index is -0.752. The van der Waals surface area contributed by atoms with Gasteiger partial charge >= 0.3 is 5.97 Å². The lowest BCUT2D eigenvalue weighted by Crippen LogP contribution is -2.05. The first-order valence-corrected chi connectivity index (χ1v) is 6.60. The molecule has 0 spiro atoms.